The summed E-state index contributed by atoms with van der Waals surface area (Å²) in [4.78, 5) is 15.6. The predicted octanol–water partition coefficient (Wildman–Crippen LogP) is 5.13. The van der Waals surface area contributed by atoms with Gasteiger partial charge in [0.2, 0.25) is 0 Å². The zero-order chi connectivity index (χ0) is 21.3. The van der Waals surface area contributed by atoms with Crippen LogP contribution in [-0.2, 0) is 4.79 Å². The van der Waals surface area contributed by atoms with Gasteiger partial charge in [-0.25, -0.2) is 0 Å². The quantitative estimate of drug-likeness (QED) is 0.710. The van der Waals surface area contributed by atoms with Crippen molar-refractivity contribution in [2.75, 3.05) is 19.1 Å². The van der Waals surface area contributed by atoms with Crippen LogP contribution in [0.4, 0.5) is 5.69 Å². The highest BCUT2D eigenvalue weighted by Gasteiger charge is 2.38. The standard InChI is InChI=1S/C21H30N2O3S2/c1-20(2,3)27-12-15-18(28-21(4,5)6)17(22)19(24)23(15)14-10-9-13(25-7)11-16(14)26-8/h9-12H,22H2,1-8H3/b15-12+. The molecular formula is C21H30N2O3S2. The van der Waals surface area contributed by atoms with Gasteiger partial charge in [-0.1, -0.05) is 41.5 Å². The Morgan fingerprint density at radius 1 is 1.04 bits per heavy atom. The van der Waals surface area contributed by atoms with E-state index in [1.807, 2.05) is 17.5 Å². The number of methoxy groups -OCH3 is 2. The van der Waals surface area contributed by atoms with E-state index in [0.29, 0.717) is 17.2 Å². The molecule has 1 aromatic carbocycles. The first-order valence-corrected chi connectivity index (χ1v) is 10.7. The molecule has 1 aliphatic heterocycles. The Hall–Kier alpha value is -1.73. The van der Waals surface area contributed by atoms with Gasteiger partial charge in [-0.05, 0) is 17.5 Å². The molecule has 0 spiro atoms. The van der Waals surface area contributed by atoms with Gasteiger partial charge in [0.1, 0.15) is 17.2 Å². The fraction of sp³-hybridized carbons (Fsp3) is 0.476. The van der Waals surface area contributed by atoms with Crippen molar-refractivity contribution in [3.63, 3.8) is 0 Å². The average Bonchev–Trinajstić information content (AvgIpc) is 2.81. The Labute approximate surface area is 176 Å². The zero-order valence-corrected chi connectivity index (χ0v) is 19.5. The molecule has 1 heterocycles. The largest absolute Gasteiger partial charge is 0.497 e. The van der Waals surface area contributed by atoms with Crippen LogP contribution in [0.25, 0.3) is 0 Å². The lowest BCUT2D eigenvalue weighted by molar-refractivity contribution is -0.114. The molecule has 0 unspecified atom stereocenters. The highest BCUT2D eigenvalue weighted by molar-refractivity contribution is 8.05. The zero-order valence-electron chi connectivity index (χ0n) is 17.9. The van der Waals surface area contributed by atoms with Crippen LogP contribution in [0.15, 0.2) is 39.9 Å². The molecule has 0 bridgehead atoms. The van der Waals surface area contributed by atoms with Gasteiger partial charge in [-0.3, -0.25) is 9.69 Å². The lowest BCUT2D eigenvalue weighted by atomic mass is 10.2. The number of carbonyl (C=O) groups is 1. The second kappa shape index (κ2) is 8.33. The van der Waals surface area contributed by atoms with Crippen LogP contribution >= 0.6 is 23.5 Å². The Morgan fingerprint density at radius 2 is 1.68 bits per heavy atom. The summed E-state index contributed by atoms with van der Waals surface area (Å²) in [5.41, 5.74) is 7.97. The molecule has 0 saturated carbocycles. The summed E-state index contributed by atoms with van der Waals surface area (Å²) in [5.74, 6) is 0.970. The van der Waals surface area contributed by atoms with Crippen LogP contribution in [0.5, 0.6) is 11.5 Å². The molecule has 0 atom stereocenters. The summed E-state index contributed by atoms with van der Waals surface area (Å²) in [6, 6.07) is 5.40. The first-order chi connectivity index (χ1) is 12.9. The van der Waals surface area contributed by atoms with Crippen LogP contribution in [0.1, 0.15) is 41.5 Å². The third-order valence-corrected chi connectivity index (χ3v) is 6.01. The normalized spacial score (nSPS) is 16.9. The van der Waals surface area contributed by atoms with Gasteiger partial charge < -0.3 is 15.2 Å². The minimum Gasteiger partial charge on any atom is -0.497 e. The maximum absolute atomic E-state index is 13.2. The van der Waals surface area contributed by atoms with Crippen molar-refractivity contribution >= 4 is 35.1 Å². The van der Waals surface area contributed by atoms with E-state index in [-0.39, 0.29) is 21.1 Å². The van der Waals surface area contributed by atoms with Gasteiger partial charge in [-0.15, -0.1) is 23.5 Å². The molecule has 1 aliphatic rings. The molecule has 0 saturated heterocycles. The van der Waals surface area contributed by atoms with Crippen LogP contribution < -0.4 is 20.1 Å². The van der Waals surface area contributed by atoms with Gasteiger partial charge in [0.05, 0.1) is 30.5 Å². The minimum atomic E-state index is -0.240. The topological polar surface area (TPSA) is 64.8 Å². The molecule has 0 fully saturated rings. The Morgan fingerprint density at radius 3 is 2.18 bits per heavy atom. The second-order valence-corrected chi connectivity index (χ2v) is 11.9. The van der Waals surface area contributed by atoms with E-state index in [2.05, 4.69) is 41.5 Å². The highest BCUT2D eigenvalue weighted by atomic mass is 32.2. The first kappa shape index (κ1) is 22.6. The number of thioether (sulfide) groups is 2. The highest BCUT2D eigenvalue weighted by Crippen LogP contribution is 2.47. The van der Waals surface area contributed by atoms with E-state index >= 15 is 0 Å². The van der Waals surface area contributed by atoms with E-state index in [4.69, 9.17) is 15.2 Å². The monoisotopic (exact) mass is 422 g/mol. The molecule has 0 radical (unpaired) electrons. The van der Waals surface area contributed by atoms with Crippen LogP contribution in [0, 0.1) is 0 Å². The summed E-state index contributed by atoms with van der Waals surface area (Å²) < 4.78 is 10.7. The van der Waals surface area contributed by atoms with Gasteiger partial charge in [0.15, 0.2) is 0 Å². The smallest absolute Gasteiger partial charge is 0.280 e. The van der Waals surface area contributed by atoms with E-state index in [1.54, 1.807) is 48.7 Å². The predicted molar refractivity (Wildman–Crippen MR) is 121 cm³/mol. The maximum atomic E-state index is 13.2. The van der Waals surface area contributed by atoms with Gasteiger partial charge in [0, 0.05) is 15.6 Å². The molecule has 1 aromatic rings. The van der Waals surface area contributed by atoms with Crippen molar-refractivity contribution < 1.29 is 14.3 Å². The summed E-state index contributed by atoms with van der Waals surface area (Å²) in [7, 11) is 3.17. The summed E-state index contributed by atoms with van der Waals surface area (Å²) in [6.45, 7) is 12.7. The molecule has 0 aliphatic carbocycles. The fourth-order valence-electron chi connectivity index (χ4n) is 2.53. The van der Waals surface area contributed by atoms with Gasteiger partial charge in [0.25, 0.3) is 5.91 Å². The lowest BCUT2D eigenvalue weighted by Crippen LogP contribution is -2.28. The molecule has 28 heavy (non-hydrogen) atoms. The number of ether oxygens (including phenoxy) is 2. The van der Waals surface area contributed by atoms with Crippen LogP contribution in [-0.4, -0.2) is 29.6 Å². The second-order valence-electron chi connectivity index (χ2n) is 8.37. The van der Waals surface area contributed by atoms with Crippen LogP contribution in [0.2, 0.25) is 0 Å². The number of nitrogens with two attached hydrogens (primary N) is 1. The Bertz CT molecular complexity index is 818. The molecule has 154 valence electrons. The Kier molecular flexibility index (Phi) is 6.71. The SMILES string of the molecule is COc1ccc(N2C(=O)C(N)=C(SC(C)(C)C)/C2=C\SC(C)(C)C)c(OC)c1. The maximum Gasteiger partial charge on any atom is 0.280 e. The van der Waals surface area contributed by atoms with E-state index in [9.17, 15) is 4.79 Å². The first-order valence-electron chi connectivity index (χ1n) is 9.01. The summed E-state index contributed by atoms with van der Waals surface area (Å²) in [5, 5.41) is 2.02. The molecule has 2 N–H and O–H groups in total. The van der Waals surface area contributed by atoms with Gasteiger partial charge >= 0.3 is 0 Å². The molecular weight excluding hydrogens is 392 g/mol. The van der Waals surface area contributed by atoms with E-state index < -0.39 is 0 Å². The number of hydrogen-bond donors (Lipinski definition) is 1. The number of hydrogen-bond acceptors (Lipinski definition) is 6. The van der Waals surface area contributed by atoms with Crippen molar-refractivity contribution in [1.82, 2.24) is 0 Å². The van der Waals surface area contributed by atoms with Gasteiger partial charge in [-0.2, -0.15) is 0 Å². The molecule has 0 aromatic heterocycles. The molecule has 2 rings (SSSR count). The van der Waals surface area contributed by atoms with Crippen molar-refractivity contribution in [3.05, 3.63) is 39.9 Å². The molecule has 1 amide bonds. The Balaban J connectivity index is 2.61. The summed E-state index contributed by atoms with van der Waals surface area (Å²) >= 11 is 3.26. The number of rotatable bonds is 5. The van der Waals surface area contributed by atoms with Crippen LogP contribution in [0.3, 0.4) is 0 Å². The number of nitrogens with zero attached hydrogens (tertiary/aromatic N) is 1. The van der Waals surface area contributed by atoms with Crippen molar-refractivity contribution in [1.29, 1.82) is 0 Å². The number of carbonyl (C=O) groups excluding carboxylic acids is 1. The molecule has 5 nitrogen and oxygen atoms in total. The number of benzene rings is 1. The third-order valence-electron chi connectivity index (χ3n) is 3.71. The minimum absolute atomic E-state index is 0.000569. The fourth-order valence-corrected chi connectivity index (χ4v) is 4.36. The van der Waals surface area contributed by atoms with Crippen molar-refractivity contribution in [2.24, 2.45) is 5.73 Å². The number of amides is 1. The summed E-state index contributed by atoms with van der Waals surface area (Å²) in [6.07, 6.45) is 0. The number of anilines is 1. The lowest BCUT2D eigenvalue weighted by Gasteiger charge is -2.25. The van der Waals surface area contributed by atoms with E-state index in [1.165, 1.54) is 0 Å². The average molecular weight is 423 g/mol. The molecule has 7 heteroatoms. The van der Waals surface area contributed by atoms with E-state index in [0.717, 1.165) is 10.6 Å². The van der Waals surface area contributed by atoms with Crippen molar-refractivity contribution in [2.45, 2.75) is 51.0 Å². The third kappa shape index (κ3) is 5.20. The van der Waals surface area contributed by atoms with Crippen molar-refractivity contribution in [3.8, 4) is 11.5 Å².